The Morgan fingerprint density at radius 1 is 1.36 bits per heavy atom. The molecule has 0 aliphatic carbocycles. The molecule has 0 aliphatic heterocycles. The van der Waals surface area contributed by atoms with E-state index in [-0.39, 0.29) is 27.0 Å². The molecule has 1 amide bonds. The average molecular weight is 323 g/mol. The van der Waals surface area contributed by atoms with Gasteiger partial charge in [0.1, 0.15) is 21.6 Å². The second kappa shape index (κ2) is 6.31. The molecule has 2 rings (SSSR count). The van der Waals surface area contributed by atoms with E-state index < -0.39 is 17.5 Å². The molecule has 22 heavy (non-hydrogen) atoms. The van der Waals surface area contributed by atoms with E-state index in [4.69, 9.17) is 16.9 Å². The van der Waals surface area contributed by atoms with Crippen LogP contribution in [0.3, 0.4) is 0 Å². The Morgan fingerprint density at radius 2 is 2.00 bits per heavy atom. The maximum atomic E-state index is 13.7. The van der Waals surface area contributed by atoms with Gasteiger partial charge in [-0.25, -0.2) is 13.8 Å². The number of benzene rings is 1. The second-order valence-electron chi connectivity index (χ2n) is 4.05. The number of hydrogen-bond donors (Lipinski definition) is 4. The van der Waals surface area contributed by atoms with Gasteiger partial charge in [0.25, 0.3) is 5.91 Å². The Kier molecular flexibility index (Phi) is 4.47. The molecular formula is C13H11F2N5OS. The van der Waals surface area contributed by atoms with Crippen LogP contribution in [0.2, 0.25) is 0 Å². The highest BCUT2D eigenvalue weighted by molar-refractivity contribution is 7.19. The van der Waals surface area contributed by atoms with Crippen molar-refractivity contribution >= 4 is 28.5 Å². The third-order valence-corrected chi connectivity index (χ3v) is 3.54. The Hall–Kier alpha value is -2.81. The minimum atomic E-state index is -0.803. The predicted octanol–water partition coefficient (Wildman–Crippen LogP) is 1.85. The minimum absolute atomic E-state index is 0.00324. The van der Waals surface area contributed by atoms with E-state index in [9.17, 15) is 13.6 Å². The Labute approximate surface area is 128 Å². The number of nitrogens with two attached hydrogens (primary N) is 2. The molecule has 114 valence electrons. The standard InChI is InChI=1S/C13H11F2N5OS/c14-7-2-1-3-8(15)9(7)13-20-10(11(18)22-13)12(21)19-6(4-16)5-17/h1-5,16H,17-18H2,(H,19,21)/b6-5+,16-4?. The van der Waals surface area contributed by atoms with Crippen molar-refractivity contribution in [2.45, 2.75) is 0 Å². The summed E-state index contributed by atoms with van der Waals surface area (Å²) >= 11 is 0.784. The van der Waals surface area contributed by atoms with Crippen molar-refractivity contribution in [3.05, 3.63) is 47.4 Å². The van der Waals surface area contributed by atoms with Gasteiger partial charge in [0, 0.05) is 12.4 Å². The lowest BCUT2D eigenvalue weighted by Crippen LogP contribution is -2.25. The Morgan fingerprint density at radius 3 is 2.55 bits per heavy atom. The van der Waals surface area contributed by atoms with E-state index >= 15 is 0 Å². The molecule has 0 aliphatic rings. The molecule has 0 spiro atoms. The molecule has 6 nitrogen and oxygen atoms in total. The van der Waals surface area contributed by atoms with E-state index in [1.54, 1.807) is 0 Å². The van der Waals surface area contributed by atoms with Crippen molar-refractivity contribution in [3.63, 3.8) is 0 Å². The summed E-state index contributed by atoms with van der Waals surface area (Å²) in [6.45, 7) is 0. The monoisotopic (exact) mass is 323 g/mol. The SMILES string of the molecule is N=C/C(=C\N)NC(=O)c1nc(-c2c(F)cccc2F)sc1N. The maximum Gasteiger partial charge on any atom is 0.277 e. The number of allylic oxidation sites excluding steroid dienone is 1. The number of aromatic nitrogens is 1. The van der Waals surface area contributed by atoms with Crippen LogP contribution < -0.4 is 16.8 Å². The molecule has 0 unspecified atom stereocenters. The first-order valence-electron chi connectivity index (χ1n) is 5.92. The average Bonchev–Trinajstić information content (AvgIpc) is 2.86. The number of carbonyl (C=O) groups is 1. The van der Waals surface area contributed by atoms with E-state index in [1.807, 2.05) is 0 Å². The summed E-state index contributed by atoms with van der Waals surface area (Å²) in [4.78, 5) is 15.9. The number of amides is 1. The van der Waals surface area contributed by atoms with Crippen molar-refractivity contribution in [3.8, 4) is 10.6 Å². The summed E-state index contributed by atoms with van der Waals surface area (Å²) in [5.74, 6) is -2.33. The summed E-state index contributed by atoms with van der Waals surface area (Å²) in [7, 11) is 0. The van der Waals surface area contributed by atoms with Gasteiger partial charge in [-0.15, -0.1) is 0 Å². The Balaban J connectivity index is 2.40. The molecule has 0 bridgehead atoms. The maximum absolute atomic E-state index is 13.7. The highest BCUT2D eigenvalue weighted by atomic mass is 32.1. The first-order chi connectivity index (χ1) is 10.5. The highest BCUT2D eigenvalue weighted by Crippen LogP contribution is 2.33. The Bertz CT molecular complexity index is 752. The second-order valence-corrected chi connectivity index (χ2v) is 5.08. The van der Waals surface area contributed by atoms with Crippen LogP contribution in [0.5, 0.6) is 0 Å². The molecule has 0 atom stereocenters. The van der Waals surface area contributed by atoms with Crippen LogP contribution in [0.4, 0.5) is 13.8 Å². The van der Waals surface area contributed by atoms with Crippen LogP contribution in [0.25, 0.3) is 10.6 Å². The van der Waals surface area contributed by atoms with E-state index in [2.05, 4.69) is 10.3 Å². The quantitative estimate of drug-likeness (QED) is 0.642. The number of thiazole rings is 1. The number of rotatable bonds is 4. The summed E-state index contributed by atoms with van der Waals surface area (Å²) in [6, 6.07) is 3.39. The van der Waals surface area contributed by atoms with Crippen molar-refractivity contribution in [1.29, 1.82) is 5.41 Å². The molecule has 0 saturated heterocycles. The lowest BCUT2D eigenvalue weighted by atomic mass is 10.2. The van der Waals surface area contributed by atoms with Gasteiger partial charge in [-0.3, -0.25) is 4.79 Å². The summed E-state index contributed by atoms with van der Waals surface area (Å²) < 4.78 is 27.5. The van der Waals surface area contributed by atoms with Crippen LogP contribution in [0, 0.1) is 17.0 Å². The third-order valence-electron chi connectivity index (χ3n) is 2.64. The van der Waals surface area contributed by atoms with Crippen LogP contribution in [0.1, 0.15) is 10.5 Å². The molecule has 9 heteroatoms. The molecule has 0 radical (unpaired) electrons. The number of carbonyl (C=O) groups excluding carboxylic acids is 1. The fourth-order valence-electron chi connectivity index (χ4n) is 1.62. The smallest absolute Gasteiger partial charge is 0.277 e. The number of anilines is 1. The largest absolute Gasteiger partial charge is 0.403 e. The molecule has 2 aromatic rings. The van der Waals surface area contributed by atoms with Gasteiger partial charge in [0.05, 0.1) is 11.3 Å². The molecule has 6 N–H and O–H groups in total. The van der Waals surface area contributed by atoms with Gasteiger partial charge in [-0.05, 0) is 12.1 Å². The molecule has 0 saturated carbocycles. The molecule has 1 aromatic carbocycles. The number of hydrogen-bond acceptors (Lipinski definition) is 6. The first kappa shape index (κ1) is 15.6. The fraction of sp³-hybridized carbons (Fsp3) is 0. The number of halogens is 2. The molecule has 1 heterocycles. The van der Waals surface area contributed by atoms with E-state index in [0.29, 0.717) is 0 Å². The topological polar surface area (TPSA) is 118 Å². The zero-order valence-corrected chi connectivity index (χ0v) is 11.9. The number of nitrogens with zero attached hydrogens (tertiary/aromatic N) is 1. The molecule has 0 fully saturated rings. The first-order valence-corrected chi connectivity index (χ1v) is 6.74. The van der Waals surface area contributed by atoms with Crippen LogP contribution in [-0.4, -0.2) is 17.1 Å². The lowest BCUT2D eigenvalue weighted by molar-refractivity contribution is 0.0964. The van der Waals surface area contributed by atoms with E-state index in [0.717, 1.165) is 35.9 Å². The van der Waals surface area contributed by atoms with Gasteiger partial charge in [0.2, 0.25) is 0 Å². The summed E-state index contributed by atoms with van der Waals surface area (Å²) in [5.41, 5.74) is 10.4. The van der Waals surface area contributed by atoms with Gasteiger partial charge >= 0.3 is 0 Å². The van der Waals surface area contributed by atoms with Gasteiger partial charge in [0.15, 0.2) is 5.69 Å². The van der Waals surface area contributed by atoms with Gasteiger partial charge < -0.3 is 22.2 Å². The predicted molar refractivity (Wildman–Crippen MR) is 80.4 cm³/mol. The van der Waals surface area contributed by atoms with Crippen molar-refractivity contribution in [2.24, 2.45) is 5.73 Å². The fourth-order valence-corrected chi connectivity index (χ4v) is 2.50. The van der Waals surface area contributed by atoms with E-state index in [1.165, 1.54) is 6.07 Å². The zero-order valence-electron chi connectivity index (χ0n) is 11.1. The molecular weight excluding hydrogens is 312 g/mol. The van der Waals surface area contributed by atoms with Crippen LogP contribution >= 0.6 is 11.3 Å². The third kappa shape index (κ3) is 2.93. The normalized spacial score (nSPS) is 11.3. The zero-order chi connectivity index (χ0) is 16.3. The minimum Gasteiger partial charge on any atom is -0.403 e. The number of nitrogen functional groups attached to an aromatic ring is 1. The van der Waals surface area contributed by atoms with Crippen LogP contribution in [-0.2, 0) is 0 Å². The van der Waals surface area contributed by atoms with Crippen LogP contribution in [0.15, 0.2) is 30.1 Å². The lowest BCUT2D eigenvalue weighted by Gasteiger charge is -2.02. The highest BCUT2D eigenvalue weighted by Gasteiger charge is 2.21. The number of nitrogens with one attached hydrogen (secondary N) is 2. The van der Waals surface area contributed by atoms with Crippen molar-refractivity contribution in [1.82, 2.24) is 10.3 Å². The summed E-state index contributed by atoms with van der Waals surface area (Å²) in [6.07, 6.45) is 1.85. The van der Waals surface area contributed by atoms with Crippen molar-refractivity contribution < 1.29 is 13.6 Å². The van der Waals surface area contributed by atoms with Gasteiger partial charge in [-0.2, -0.15) is 0 Å². The molecule has 1 aromatic heterocycles. The van der Waals surface area contributed by atoms with Gasteiger partial charge in [-0.1, -0.05) is 17.4 Å². The summed E-state index contributed by atoms with van der Waals surface area (Å²) in [5, 5.41) is 9.27. The van der Waals surface area contributed by atoms with Crippen molar-refractivity contribution in [2.75, 3.05) is 5.73 Å².